The van der Waals surface area contributed by atoms with Crippen LogP contribution < -0.4 is 4.74 Å². The largest absolute Gasteiger partial charge is 0.473 e. The Morgan fingerprint density at radius 2 is 2.06 bits per heavy atom. The molecule has 0 aliphatic carbocycles. The summed E-state index contributed by atoms with van der Waals surface area (Å²) in [5.74, 6) is -0.0597. The minimum atomic E-state index is -0.630. The highest BCUT2D eigenvalue weighted by Crippen LogP contribution is 2.30. The van der Waals surface area contributed by atoms with Gasteiger partial charge in [-0.3, -0.25) is 10.1 Å². The highest BCUT2D eigenvalue weighted by molar-refractivity contribution is 6.31. The van der Waals surface area contributed by atoms with E-state index in [0.29, 0.717) is 6.61 Å². The molecule has 6 nitrogen and oxygen atoms in total. The lowest BCUT2D eigenvalue weighted by Crippen LogP contribution is -2.03. The van der Waals surface area contributed by atoms with Crippen LogP contribution in [0.15, 0.2) is 6.33 Å². The van der Waals surface area contributed by atoms with E-state index in [1.54, 1.807) is 0 Å². The maximum atomic E-state index is 10.8. The highest BCUT2D eigenvalue weighted by Gasteiger charge is 2.22. The Morgan fingerprint density at radius 3 is 2.72 bits per heavy atom. The predicted octanol–water partition coefficient (Wildman–Crippen LogP) is 3.39. The molecule has 18 heavy (non-hydrogen) atoms. The normalized spacial score (nSPS) is 10.3. The fraction of sp³-hybridized carbons (Fsp3) is 0.636. The summed E-state index contributed by atoms with van der Waals surface area (Å²) >= 11 is 5.63. The van der Waals surface area contributed by atoms with Crippen molar-refractivity contribution in [1.82, 2.24) is 9.97 Å². The summed E-state index contributed by atoms with van der Waals surface area (Å²) in [6.07, 6.45) is 6.56. The molecule has 7 heteroatoms. The van der Waals surface area contributed by atoms with Gasteiger partial charge in [0.15, 0.2) is 0 Å². The first-order valence-electron chi connectivity index (χ1n) is 5.94. The summed E-state index contributed by atoms with van der Waals surface area (Å²) in [6.45, 7) is 2.54. The van der Waals surface area contributed by atoms with E-state index in [1.807, 2.05) is 0 Å². The Balaban J connectivity index is 2.47. The van der Waals surface area contributed by atoms with Crippen molar-refractivity contribution in [1.29, 1.82) is 0 Å². The molecule has 0 atom stereocenters. The van der Waals surface area contributed by atoms with Crippen molar-refractivity contribution in [2.45, 2.75) is 39.0 Å². The first kappa shape index (κ1) is 14.6. The lowest BCUT2D eigenvalue weighted by atomic mass is 10.2. The van der Waals surface area contributed by atoms with Crippen LogP contribution in [0.4, 0.5) is 5.69 Å². The molecule has 0 unspecified atom stereocenters. The smallest absolute Gasteiger partial charge is 0.367 e. The van der Waals surface area contributed by atoms with Crippen LogP contribution in [0.25, 0.3) is 0 Å². The molecule has 0 aliphatic heterocycles. The predicted molar refractivity (Wildman–Crippen MR) is 68.0 cm³/mol. The van der Waals surface area contributed by atoms with Crippen LogP contribution in [0.3, 0.4) is 0 Å². The number of aromatic nitrogens is 2. The SMILES string of the molecule is CCCCCCCOc1ncnc(Cl)c1[N+](=O)[O-]. The van der Waals surface area contributed by atoms with E-state index >= 15 is 0 Å². The molecule has 0 saturated carbocycles. The van der Waals surface area contributed by atoms with E-state index in [-0.39, 0.29) is 16.7 Å². The zero-order valence-electron chi connectivity index (χ0n) is 10.3. The van der Waals surface area contributed by atoms with Gasteiger partial charge in [0.2, 0.25) is 5.15 Å². The van der Waals surface area contributed by atoms with Gasteiger partial charge in [0.25, 0.3) is 5.88 Å². The molecule has 0 radical (unpaired) electrons. The monoisotopic (exact) mass is 273 g/mol. The van der Waals surface area contributed by atoms with Crippen LogP contribution in [0, 0.1) is 10.1 Å². The Hall–Kier alpha value is -1.43. The number of ether oxygens (including phenoxy) is 1. The summed E-state index contributed by atoms with van der Waals surface area (Å²) in [6, 6.07) is 0. The lowest BCUT2D eigenvalue weighted by molar-refractivity contribution is -0.386. The molecule has 0 aliphatic rings. The maximum absolute atomic E-state index is 10.8. The van der Waals surface area contributed by atoms with E-state index in [2.05, 4.69) is 16.9 Å². The third kappa shape index (κ3) is 4.44. The quantitative estimate of drug-likeness (QED) is 0.314. The van der Waals surface area contributed by atoms with Crippen LogP contribution in [-0.4, -0.2) is 21.5 Å². The van der Waals surface area contributed by atoms with Gasteiger partial charge in [-0.05, 0) is 6.42 Å². The summed E-state index contributed by atoms with van der Waals surface area (Å²) in [5, 5.41) is 10.6. The third-order valence-corrected chi connectivity index (χ3v) is 2.69. The number of nitro groups is 1. The Bertz CT molecular complexity index is 401. The summed E-state index contributed by atoms with van der Waals surface area (Å²) < 4.78 is 5.28. The molecule has 0 N–H and O–H groups in total. The molecule has 0 spiro atoms. The van der Waals surface area contributed by atoms with Gasteiger partial charge >= 0.3 is 5.69 Å². The van der Waals surface area contributed by atoms with E-state index in [1.165, 1.54) is 12.8 Å². The van der Waals surface area contributed by atoms with Gasteiger partial charge in [-0.15, -0.1) is 0 Å². The second-order valence-corrected chi connectivity index (χ2v) is 4.20. The van der Waals surface area contributed by atoms with Crippen LogP contribution in [-0.2, 0) is 0 Å². The van der Waals surface area contributed by atoms with Gasteiger partial charge < -0.3 is 4.74 Å². The highest BCUT2D eigenvalue weighted by atomic mass is 35.5. The second kappa shape index (κ2) is 7.81. The number of unbranched alkanes of at least 4 members (excludes halogenated alkanes) is 4. The fourth-order valence-electron chi connectivity index (χ4n) is 1.48. The molecule has 0 bridgehead atoms. The average Bonchev–Trinajstić information content (AvgIpc) is 2.33. The third-order valence-electron chi connectivity index (χ3n) is 2.41. The van der Waals surface area contributed by atoms with Gasteiger partial charge in [-0.2, -0.15) is 4.98 Å². The van der Waals surface area contributed by atoms with Crippen LogP contribution in [0.1, 0.15) is 39.0 Å². The van der Waals surface area contributed by atoms with Crippen molar-refractivity contribution in [3.8, 4) is 5.88 Å². The zero-order valence-corrected chi connectivity index (χ0v) is 11.0. The summed E-state index contributed by atoms with van der Waals surface area (Å²) in [5.41, 5.74) is -0.368. The van der Waals surface area contributed by atoms with Crippen molar-refractivity contribution in [2.24, 2.45) is 0 Å². The van der Waals surface area contributed by atoms with Gasteiger partial charge in [-0.25, -0.2) is 4.98 Å². The maximum Gasteiger partial charge on any atom is 0.367 e. The minimum absolute atomic E-state index is 0.0597. The van der Waals surface area contributed by atoms with Gasteiger partial charge in [-0.1, -0.05) is 44.2 Å². The topological polar surface area (TPSA) is 78.2 Å². The number of halogens is 1. The molecule has 1 aromatic heterocycles. The van der Waals surface area contributed by atoms with Gasteiger partial charge in [0.1, 0.15) is 6.33 Å². The van der Waals surface area contributed by atoms with Crippen LogP contribution in [0.5, 0.6) is 5.88 Å². The number of nitrogens with zero attached hydrogens (tertiary/aromatic N) is 3. The fourth-order valence-corrected chi connectivity index (χ4v) is 1.67. The molecule has 1 aromatic rings. The van der Waals surface area contributed by atoms with Gasteiger partial charge in [0, 0.05) is 0 Å². The molecule has 0 aromatic carbocycles. The van der Waals surface area contributed by atoms with E-state index < -0.39 is 4.92 Å². The molecular formula is C11H16ClN3O3. The molecule has 0 fully saturated rings. The summed E-state index contributed by atoms with van der Waals surface area (Å²) in [4.78, 5) is 17.4. The van der Waals surface area contributed by atoms with Gasteiger partial charge in [0.05, 0.1) is 11.5 Å². The minimum Gasteiger partial charge on any atom is -0.473 e. The molecule has 1 rings (SSSR count). The van der Waals surface area contributed by atoms with Crippen molar-refractivity contribution >= 4 is 17.3 Å². The Labute approximate surface area is 110 Å². The van der Waals surface area contributed by atoms with Crippen molar-refractivity contribution in [2.75, 3.05) is 6.61 Å². The summed E-state index contributed by atoms with van der Waals surface area (Å²) in [7, 11) is 0. The average molecular weight is 274 g/mol. The van der Waals surface area contributed by atoms with Crippen molar-refractivity contribution in [3.63, 3.8) is 0 Å². The zero-order chi connectivity index (χ0) is 13.4. The first-order chi connectivity index (χ1) is 8.66. The van der Waals surface area contributed by atoms with E-state index in [9.17, 15) is 10.1 Å². The number of hydrogen-bond donors (Lipinski definition) is 0. The molecule has 0 amide bonds. The molecule has 1 heterocycles. The first-order valence-corrected chi connectivity index (χ1v) is 6.32. The number of hydrogen-bond acceptors (Lipinski definition) is 5. The molecule has 0 saturated heterocycles. The number of rotatable bonds is 8. The second-order valence-electron chi connectivity index (χ2n) is 3.84. The van der Waals surface area contributed by atoms with Crippen molar-refractivity contribution in [3.05, 3.63) is 21.6 Å². The van der Waals surface area contributed by atoms with Crippen LogP contribution in [0.2, 0.25) is 5.15 Å². The standard InChI is InChI=1S/C11H16ClN3O3/c1-2-3-4-5-6-7-18-11-9(15(16)17)10(12)13-8-14-11/h8H,2-7H2,1H3. The lowest BCUT2D eigenvalue weighted by Gasteiger charge is -2.05. The molecule has 100 valence electrons. The molecular weight excluding hydrogens is 258 g/mol. The van der Waals surface area contributed by atoms with E-state index in [0.717, 1.165) is 25.6 Å². The van der Waals surface area contributed by atoms with E-state index in [4.69, 9.17) is 16.3 Å². The van der Waals surface area contributed by atoms with Crippen molar-refractivity contribution < 1.29 is 9.66 Å². The Morgan fingerprint density at radius 1 is 1.33 bits per heavy atom. The van der Waals surface area contributed by atoms with Crippen LogP contribution >= 0.6 is 11.6 Å². The Kier molecular flexibility index (Phi) is 6.35.